The molecule has 3 N–H and O–H groups in total. The molecule has 6 heteroatoms. The van der Waals surface area contributed by atoms with Gasteiger partial charge in [0.05, 0.1) is 5.69 Å². The first kappa shape index (κ1) is 11.5. The highest BCUT2D eigenvalue weighted by molar-refractivity contribution is 5.66. The van der Waals surface area contributed by atoms with Crippen LogP contribution in [-0.2, 0) is 0 Å². The number of nitrogen functional groups attached to an aromatic ring is 1. The van der Waals surface area contributed by atoms with Crippen LogP contribution in [0, 0.1) is 17.1 Å². The second-order valence-electron chi connectivity index (χ2n) is 4.53. The summed E-state index contributed by atoms with van der Waals surface area (Å²) in [5.41, 5.74) is 6.88. The molecule has 0 amide bonds. The maximum absolute atomic E-state index is 12.9. The zero-order chi connectivity index (χ0) is 13.4. The minimum atomic E-state index is -0.327. The molecule has 1 aromatic heterocycles. The Balaban J connectivity index is 2.03. The third kappa shape index (κ3) is 2.10. The topological polar surface area (TPSA) is 79.7 Å². The summed E-state index contributed by atoms with van der Waals surface area (Å²) in [6, 6.07) is 8.23. The molecule has 0 radical (unpaired) electrons. The summed E-state index contributed by atoms with van der Waals surface area (Å²) in [4.78, 5) is 0. The average Bonchev–Trinajstić information content (AvgIpc) is 3.15. The van der Waals surface area contributed by atoms with Crippen LogP contribution in [0.1, 0.15) is 18.4 Å². The van der Waals surface area contributed by atoms with E-state index in [1.54, 1.807) is 12.1 Å². The molecule has 0 unspecified atom stereocenters. The molecule has 1 aliphatic rings. The highest BCUT2D eigenvalue weighted by Gasteiger charge is 2.25. The van der Waals surface area contributed by atoms with E-state index in [0.717, 1.165) is 12.8 Å². The molecule has 3 rings (SSSR count). The van der Waals surface area contributed by atoms with E-state index in [4.69, 9.17) is 11.0 Å². The maximum atomic E-state index is 12.9. The number of aromatic nitrogens is 2. The lowest BCUT2D eigenvalue weighted by Gasteiger charge is -2.03. The van der Waals surface area contributed by atoms with Gasteiger partial charge < -0.3 is 11.1 Å². The molecule has 1 aromatic carbocycles. The highest BCUT2D eigenvalue weighted by atomic mass is 19.1. The minimum absolute atomic E-state index is 0.261. The van der Waals surface area contributed by atoms with Gasteiger partial charge in [-0.15, -0.1) is 5.10 Å². The first-order valence-corrected chi connectivity index (χ1v) is 6.00. The molecule has 0 atom stereocenters. The third-order valence-corrected chi connectivity index (χ3v) is 3.02. The van der Waals surface area contributed by atoms with Crippen LogP contribution in [0.4, 0.5) is 16.0 Å². The third-order valence-electron chi connectivity index (χ3n) is 3.02. The molecule has 1 fully saturated rings. The van der Waals surface area contributed by atoms with Gasteiger partial charge in [-0.05, 0) is 37.1 Å². The van der Waals surface area contributed by atoms with Crippen LogP contribution in [0.25, 0.3) is 5.69 Å². The van der Waals surface area contributed by atoms with Crippen LogP contribution in [0.15, 0.2) is 24.3 Å². The Kier molecular flexibility index (Phi) is 2.60. The zero-order valence-electron chi connectivity index (χ0n) is 10.1. The highest BCUT2D eigenvalue weighted by Crippen LogP contribution is 2.29. The van der Waals surface area contributed by atoms with Crippen LogP contribution in [-0.4, -0.2) is 15.8 Å². The van der Waals surface area contributed by atoms with Crippen LogP contribution in [0.2, 0.25) is 0 Å². The van der Waals surface area contributed by atoms with E-state index < -0.39 is 0 Å². The van der Waals surface area contributed by atoms with E-state index >= 15 is 0 Å². The maximum Gasteiger partial charge on any atom is 0.168 e. The lowest BCUT2D eigenvalue weighted by atomic mass is 10.3. The number of halogens is 1. The Morgan fingerprint density at radius 3 is 2.63 bits per heavy atom. The van der Waals surface area contributed by atoms with Crippen molar-refractivity contribution in [3.8, 4) is 11.8 Å². The lowest BCUT2D eigenvalue weighted by molar-refractivity contribution is 0.627. The molecule has 1 saturated carbocycles. The molecule has 2 aromatic rings. The molecule has 1 aliphatic carbocycles. The molecule has 0 bridgehead atoms. The van der Waals surface area contributed by atoms with Gasteiger partial charge in [0.1, 0.15) is 23.3 Å². The fourth-order valence-corrected chi connectivity index (χ4v) is 1.84. The number of anilines is 2. The van der Waals surface area contributed by atoms with E-state index in [1.807, 2.05) is 0 Å². The van der Waals surface area contributed by atoms with Crippen molar-refractivity contribution in [3.05, 3.63) is 35.6 Å². The van der Waals surface area contributed by atoms with Gasteiger partial charge in [-0.1, -0.05) is 0 Å². The first-order chi connectivity index (χ1) is 9.19. The van der Waals surface area contributed by atoms with Crippen LogP contribution >= 0.6 is 0 Å². The van der Waals surface area contributed by atoms with Crippen molar-refractivity contribution in [2.45, 2.75) is 18.9 Å². The van der Waals surface area contributed by atoms with Crippen molar-refractivity contribution in [2.75, 3.05) is 11.1 Å². The van der Waals surface area contributed by atoms with E-state index in [9.17, 15) is 4.39 Å². The summed E-state index contributed by atoms with van der Waals surface area (Å²) in [5, 5.41) is 16.6. The summed E-state index contributed by atoms with van der Waals surface area (Å²) in [5.74, 6) is 0.426. The number of nitrogens with two attached hydrogens (primary N) is 1. The van der Waals surface area contributed by atoms with Gasteiger partial charge in [-0.2, -0.15) is 5.26 Å². The molecule has 96 valence electrons. The second kappa shape index (κ2) is 4.28. The van der Waals surface area contributed by atoms with Gasteiger partial charge in [-0.25, -0.2) is 9.07 Å². The van der Waals surface area contributed by atoms with Crippen molar-refractivity contribution in [1.29, 1.82) is 5.26 Å². The summed E-state index contributed by atoms with van der Waals surface area (Å²) in [7, 11) is 0. The Labute approximate surface area is 109 Å². The van der Waals surface area contributed by atoms with E-state index in [-0.39, 0.29) is 11.6 Å². The van der Waals surface area contributed by atoms with Gasteiger partial charge >= 0.3 is 0 Å². The Hall–Kier alpha value is -2.55. The molecular formula is C13H12FN5. The normalized spacial score (nSPS) is 14.1. The molecule has 1 heterocycles. The summed E-state index contributed by atoms with van der Waals surface area (Å²) in [6.07, 6.45) is 2.16. The van der Waals surface area contributed by atoms with Crippen molar-refractivity contribution < 1.29 is 4.39 Å². The molecule has 0 spiro atoms. The minimum Gasteiger partial charge on any atom is -0.382 e. The largest absolute Gasteiger partial charge is 0.382 e. The van der Waals surface area contributed by atoms with Crippen LogP contribution in [0.3, 0.4) is 0 Å². The molecular weight excluding hydrogens is 245 g/mol. The molecule has 0 saturated heterocycles. The van der Waals surface area contributed by atoms with Gasteiger partial charge in [0.2, 0.25) is 0 Å². The monoisotopic (exact) mass is 257 g/mol. The first-order valence-electron chi connectivity index (χ1n) is 6.00. The SMILES string of the molecule is N#Cc1c(NC2CC2)nn(-c2ccc(F)cc2)c1N. The second-order valence-corrected chi connectivity index (χ2v) is 4.53. The number of nitrogens with zero attached hydrogens (tertiary/aromatic N) is 3. The van der Waals surface area contributed by atoms with E-state index in [1.165, 1.54) is 16.8 Å². The Morgan fingerprint density at radius 2 is 2.05 bits per heavy atom. The fourth-order valence-electron chi connectivity index (χ4n) is 1.84. The van der Waals surface area contributed by atoms with Gasteiger partial charge in [0, 0.05) is 6.04 Å². The number of nitrogens with one attached hydrogen (secondary N) is 1. The number of benzene rings is 1. The number of hydrogen-bond acceptors (Lipinski definition) is 4. The smallest absolute Gasteiger partial charge is 0.168 e. The average molecular weight is 257 g/mol. The van der Waals surface area contributed by atoms with Gasteiger partial charge in [0.15, 0.2) is 5.82 Å². The number of rotatable bonds is 3. The fraction of sp³-hybridized carbons (Fsp3) is 0.231. The predicted molar refractivity (Wildman–Crippen MR) is 69.3 cm³/mol. The van der Waals surface area contributed by atoms with Crippen molar-refractivity contribution >= 4 is 11.6 Å². The van der Waals surface area contributed by atoms with E-state index in [0.29, 0.717) is 23.1 Å². The van der Waals surface area contributed by atoms with Crippen LogP contribution < -0.4 is 11.1 Å². The standard InChI is InChI=1S/C13H12FN5/c14-8-1-5-10(6-2-8)19-12(16)11(7-15)13(18-19)17-9-3-4-9/h1-2,5-6,9H,3-4,16H2,(H,17,18). The molecule has 5 nitrogen and oxygen atoms in total. The zero-order valence-corrected chi connectivity index (χ0v) is 10.1. The Bertz CT molecular complexity index is 649. The lowest BCUT2D eigenvalue weighted by Crippen LogP contribution is -2.04. The summed E-state index contributed by atoms with van der Waals surface area (Å²) < 4.78 is 14.4. The Morgan fingerprint density at radius 1 is 1.37 bits per heavy atom. The van der Waals surface area contributed by atoms with Gasteiger partial charge in [-0.3, -0.25) is 0 Å². The van der Waals surface area contributed by atoms with Crippen molar-refractivity contribution in [2.24, 2.45) is 0 Å². The van der Waals surface area contributed by atoms with Gasteiger partial charge in [0.25, 0.3) is 0 Å². The predicted octanol–water partition coefficient (Wildman–Crippen LogP) is 2.04. The van der Waals surface area contributed by atoms with Crippen LogP contribution in [0.5, 0.6) is 0 Å². The number of nitriles is 1. The molecule has 0 aliphatic heterocycles. The summed E-state index contributed by atoms with van der Waals surface area (Å²) in [6.45, 7) is 0. The molecule has 19 heavy (non-hydrogen) atoms. The van der Waals surface area contributed by atoms with Crippen molar-refractivity contribution in [1.82, 2.24) is 9.78 Å². The van der Waals surface area contributed by atoms with Crippen molar-refractivity contribution in [3.63, 3.8) is 0 Å². The number of hydrogen-bond donors (Lipinski definition) is 2. The summed E-state index contributed by atoms with van der Waals surface area (Å²) >= 11 is 0. The van der Waals surface area contributed by atoms with E-state index in [2.05, 4.69) is 16.5 Å². The quantitative estimate of drug-likeness (QED) is 0.881.